The second-order valence-electron chi connectivity index (χ2n) is 8.31. The van der Waals surface area contributed by atoms with Crippen molar-refractivity contribution in [2.24, 2.45) is 0 Å². The number of sulfonamides is 1. The van der Waals surface area contributed by atoms with Crippen LogP contribution in [-0.2, 0) is 19.5 Å². The molecular formula is C24H28N2O6S. The van der Waals surface area contributed by atoms with E-state index < -0.39 is 22.2 Å². The minimum Gasteiger partial charge on any atom is -0.455 e. The van der Waals surface area contributed by atoms with Crippen molar-refractivity contribution in [2.75, 3.05) is 37.9 Å². The van der Waals surface area contributed by atoms with Crippen molar-refractivity contribution in [1.29, 1.82) is 0 Å². The lowest BCUT2D eigenvalue weighted by atomic mass is 10.00. The number of rotatable bonds is 5. The number of fused-ring (bicyclic) bond motifs is 2. The molecule has 176 valence electrons. The van der Waals surface area contributed by atoms with E-state index in [9.17, 15) is 13.2 Å². The van der Waals surface area contributed by atoms with E-state index in [1.54, 1.807) is 26.3 Å². The van der Waals surface area contributed by atoms with Crippen molar-refractivity contribution in [3.8, 4) is 11.3 Å². The average molecular weight is 473 g/mol. The number of aryl methyl sites for hydroxylation is 1. The van der Waals surface area contributed by atoms with Crippen LogP contribution in [0.5, 0.6) is 0 Å². The van der Waals surface area contributed by atoms with Gasteiger partial charge >= 0.3 is 0 Å². The van der Waals surface area contributed by atoms with Crippen LogP contribution in [0, 0.1) is 6.92 Å². The Hall–Kier alpha value is -2.88. The van der Waals surface area contributed by atoms with Gasteiger partial charge in [0.2, 0.25) is 10.0 Å². The fourth-order valence-corrected chi connectivity index (χ4v) is 5.18. The van der Waals surface area contributed by atoms with Crippen molar-refractivity contribution < 1.29 is 27.1 Å². The van der Waals surface area contributed by atoms with Gasteiger partial charge in [-0.3, -0.25) is 9.10 Å². The van der Waals surface area contributed by atoms with Crippen LogP contribution in [0.25, 0.3) is 22.3 Å². The summed E-state index contributed by atoms with van der Waals surface area (Å²) < 4.78 is 44.3. The maximum Gasteiger partial charge on any atom is 0.255 e. The highest BCUT2D eigenvalue weighted by atomic mass is 32.2. The van der Waals surface area contributed by atoms with E-state index in [0.29, 0.717) is 33.5 Å². The summed E-state index contributed by atoms with van der Waals surface area (Å²) in [5.41, 5.74) is 3.80. The first-order chi connectivity index (χ1) is 15.6. The van der Waals surface area contributed by atoms with Crippen LogP contribution in [-0.4, -0.2) is 54.0 Å². The van der Waals surface area contributed by atoms with Crippen molar-refractivity contribution >= 4 is 32.6 Å². The van der Waals surface area contributed by atoms with E-state index >= 15 is 0 Å². The minimum absolute atomic E-state index is 0.114. The molecule has 0 unspecified atom stereocenters. The predicted molar refractivity (Wildman–Crippen MR) is 127 cm³/mol. The Morgan fingerprint density at radius 1 is 1.24 bits per heavy atom. The zero-order valence-electron chi connectivity index (χ0n) is 19.3. The van der Waals surface area contributed by atoms with Crippen molar-refractivity contribution in [2.45, 2.75) is 26.1 Å². The summed E-state index contributed by atoms with van der Waals surface area (Å²) in [6, 6.07) is 11.2. The third-order valence-electron chi connectivity index (χ3n) is 5.83. The highest BCUT2D eigenvalue weighted by molar-refractivity contribution is 7.92. The van der Waals surface area contributed by atoms with E-state index in [4.69, 9.17) is 13.9 Å². The Kier molecular flexibility index (Phi) is 6.22. The molecule has 1 aliphatic heterocycles. The molecule has 2 atom stereocenters. The molecule has 0 aliphatic carbocycles. The molecule has 0 spiro atoms. The third-order valence-corrected chi connectivity index (χ3v) is 6.98. The monoisotopic (exact) mass is 472 g/mol. The van der Waals surface area contributed by atoms with Crippen molar-refractivity contribution in [3.63, 3.8) is 0 Å². The SMILES string of the molecule is CNC(=O)c1c(-c2ccc(C)cc2)oc2cc3c(cc12)[C@H](C)O[C@H](COC)CN3S(C)(=O)=O. The van der Waals surface area contributed by atoms with Crippen molar-refractivity contribution in [1.82, 2.24) is 5.32 Å². The molecule has 0 bridgehead atoms. The number of anilines is 1. The summed E-state index contributed by atoms with van der Waals surface area (Å²) in [5, 5.41) is 3.28. The van der Waals surface area contributed by atoms with Gasteiger partial charge in [-0.05, 0) is 19.9 Å². The summed E-state index contributed by atoms with van der Waals surface area (Å²) >= 11 is 0. The fourth-order valence-electron chi connectivity index (χ4n) is 4.23. The van der Waals surface area contributed by atoms with Gasteiger partial charge in [0.15, 0.2) is 0 Å². The van der Waals surface area contributed by atoms with Gasteiger partial charge in [-0.2, -0.15) is 0 Å². The number of carbonyl (C=O) groups is 1. The van der Waals surface area contributed by atoms with Crippen LogP contribution >= 0.6 is 0 Å². The Morgan fingerprint density at radius 2 is 1.94 bits per heavy atom. The molecule has 2 heterocycles. The lowest BCUT2D eigenvalue weighted by Crippen LogP contribution is -2.38. The van der Waals surface area contributed by atoms with Crippen LogP contribution in [0.1, 0.15) is 34.5 Å². The number of hydrogen-bond acceptors (Lipinski definition) is 6. The number of ether oxygens (including phenoxy) is 2. The van der Waals surface area contributed by atoms with Gasteiger partial charge in [-0.15, -0.1) is 0 Å². The number of furan rings is 1. The molecular weight excluding hydrogens is 444 g/mol. The van der Waals surface area contributed by atoms with Gasteiger partial charge in [0.1, 0.15) is 17.4 Å². The van der Waals surface area contributed by atoms with E-state index in [0.717, 1.165) is 17.4 Å². The number of hydrogen-bond donors (Lipinski definition) is 1. The molecule has 0 saturated carbocycles. The van der Waals surface area contributed by atoms with Crippen LogP contribution in [0.4, 0.5) is 5.69 Å². The standard InChI is InChI=1S/C24H28N2O6S/c1-14-6-8-16(9-7-14)23-22(24(27)25-3)19-10-18-15(2)31-17(13-30-4)12-26(33(5,28)29)20(18)11-21(19)32-23/h6-11,15,17H,12-13H2,1-5H3,(H,25,27)/t15-,17-/m0/s1. The second kappa shape index (κ2) is 8.81. The maximum absolute atomic E-state index is 12.9. The van der Waals surface area contributed by atoms with Crippen LogP contribution in [0.15, 0.2) is 40.8 Å². The molecule has 3 aromatic rings. The average Bonchev–Trinajstić information content (AvgIpc) is 3.07. The lowest BCUT2D eigenvalue weighted by Gasteiger charge is -2.24. The normalized spacial score (nSPS) is 18.8. The molecule has 1 aromatic heterocycles. The first-order valence-corrected chi connectivity index (χ1v) is 12.5. The highest BCUT2D eigenvalue weighted by Gasteiger charge is 2.33. The second-order valence-corrected chi connectivity index (χ2v) is 10.2. The number of nitrogens with zero attached hydrogens (tertiary/aromatic N) is 1. The van der Waals surface area contributed by atoms with Gasteiger partial charge in [-0.25, -0.2) is 8.42 Å². The quantitative estimate of drug-likeness (QED) is 0.609. The zero-order valence-corrected chi connectivity index (χ0v) is 20.2. The summed E-state index contributed by atoms with van der Waals surface area (Å²) in [6.07, 6.45) is 0.294. The first kappa shape index (κ1) is 23.3. The fraction of sp³-hybridized carbons (Fsp3) is 0.375. The minimum atomic E-state index is -3.61. The zero-order chi connectivity index (χ0) is 23.9. The maximum atomic E-state index is 12.9. The highest BCUT2D eigenvalue weighted by Crippen LogP contribution is 2.42. The van der Waals surface area contributed by atoms with E-state index in [1.807, 2.05) is 38.1 Å². The van der Waals surface area contributed by atoms with Crippen LogP contribution in [0.3, 0.4) is 0 Å². The third kappa shape index (κ3) is 4.36. The smallest absolute Gasteiger partial charge is 0.255 e. The molecule has 0 saturated heterocycles. The van der Waals surface area contributed by atoms with Crippen LogP contribution < -0.4 is 9.62 Å². The van der Waals surface area contributed by atoms with E-state index in [-0.39, 0.29) is 19.1 Å². The van der Waals surface area contributed by atoms with Gasteiger partial charge in [0, 0.05) is 36.7 Å². The Morgan fingerprint density at radius 3 is 2.55 bits per heavy atom. The van der Waals surface area contributed by atoms with Gasteiger partial charge < -0.3 is 19.2 Å². The Labute approximate surface area is 193 Å². The number of benzene rings is 2. The summed E-state index contributed by atoms with van der Waals surface area (Å²) in [7, 11) is -0.497. The Bertz CT molecular complexity index is 1300. The van der Waals surface area contributed by atoms with Gasteiger partial charge in [0.05, 0.1) is 36.8 Å². The molecule has 9 heteroatoms. The van der Waals surface area contributed by atoms with E-state index in [2.05, 4.69) is 5.32 Å². The molecule has 33 heavy (non-hydrogen) atoms. The molecule has 8 nitrogen and oxygen atoms in total. The number of amides is 1. The van der Waals surface area contributed by atoms with E-state index in [1.165, 1.54) is 4.31 Å². The van der Waals surface area contributed by atoms with Gasteiger partial charge in [0.25, 0.3) is 5.91 Å². The molecule has 1 amide bonds. The molecule has 1 aliphatic rings. The van der Waals surface area contributed by atoms with Crippen molar-refractivity contribution in [3.05, 3.63) is 53.1 Å². The molecule has 0 radical (unpaired) electrons. The van der Waals surface area contributed by atoms with Crippen LogP contribution in [0.2, 0.25) is 0 Å². The number of carbonyl (C=O) groups excluding carboxylic acids is 1. The number of nitrogens with one attached hydrogen (secondary N) is 1. The topological polar surface area (TPSA) is 98.1 Å². The lowest BCUT2D eigenvalue weighted by molar-refractivity contribution is -0.0331. The Balaban J connectivity index is 1.98. The molecule has 2 aromatic carbocycles. The first-order valence-electron chi connectivity index (χ1n) is 10.7. The largest absolute Gasteiger partial charge is 0.455 e. The number of methoxy groups -OCH3 is 1. The summed E-state index contributed by atoms with van der Waals surface area (Å²) in [4.78, 5) is 12.9. The summed E-state index contributed by atoms with van der Waals surface area (Å²) in [5.74, 6) is 0.143. The molecule has 1 N–H and O–H groups in total. The molecule has 0 fully saturated rings. The van der Waals surface area contributed by atoms with Gasteiger partial charge in [-0.1, -0.05) is 29.8 Å². The predicted octanol–water partition coefficient (Wildman–Crippen LogP) is 3.64. The summed E-state index contributed by atoms with van der Waals surface area (Å²) in [6.45, 7) is 4.21. The molecule has 4 rings (SSSR count).